The van der Waals surface area contributed by atoms with Gasteiger partial charge in [-0.2, -0.15) is 0 Å². The standard InChI is InChI=1S/C20H32N4O/c1-15-8-7-9-16(2)18(15)12-13-21-20(22-14-19(25)24(3)4)23-17-10-5-6-11-17/h7-9,17H,5-6,10-14H2,1-4H3,(H2,21,22,23). The Labute approximate surface area is 151 Å². The lowest BCUT2D eigenvalue weighted by Crippen LogP contribution is -2.43. The molecule has 2 N–H and O–H groups in total. The second-order valence-corrected chi connectivity index (χ2v) is 7.13. The molecule has 0 bridgehead atoms. The fourth-order valence-corrected chi connectivity index (χ4v) is 3.25. The summed E-state index contributed by atoms with van der Waals surface area (Å²) in [5, 5.41) is 6.91. The zero-order valence-electron chi connectivity index (χ0n) is 16.1. The van der Waals surface area contributed by atoms with Gasteiger partial charge in [-0.1, -0.05) is 31.0 Å². The number of aryl methyl sites for hydroxylation is 2. The van der Waals surface area contributed by atoms with E-state index in [-0.39, 0.29) is 12.5 Å². The second-order valence-electron chi connectivity index (χ2n) is 7.13. The van der Waals surface area contributed by atoms with Crippen LogP contribution in [0.1, 0.15) is 42.4 Å². The van der Waals surface area contributed by atoms with Gasteiger partial charge < -0.3 is 15.5 Å². The van der Waals surface area contributed by atoms with Gasteiger partial charge in [0.15, 0.2) is 5.96 Å². The summed E-state index contributed by atoms with van der Waals surface area (Å²) in [5.41, 5.74) is 4.04. The van der Waals surface area contributed by atoms with Crippen LogP contribution in [-0.2, 0) is 11.2 Å². The lowest BCUT2D eigenvalue weighted by molar-refractivity contribution is -0.127. The van der Waals surface area contributed by atoms with Gasteiger partial charge in [0.25, 0.3) is 0 Å². The summed E-state index contributed by atoms with van der Waals surface area (Å²) in [4.78, 5) is 17.9. The summed E-state index contributed by atoms with van der Waals surface area (Å²) in [5.74, 6) is 0.774. The molecule has 0 heterocycles. The van der Waals surface area contributed by atoms with Gasteiger partial charge in [0.1, 0.15) is 6.54 Å². The molecule has 5 nitrogen and oxygen atoms in total. The van der Waals surface area contributed by atoms with Crippen LogP contribution in [-0.4, -0.2) is 50.0 Å². The monoisotopic (exact) mass is 344 g/mol. The molecule has 1 aliphatic carbocycles. The van der Waals surface area contributed by atoms with Gasteiger partial charge in [-0.15, -0.1) is 0 Å². The fraction of sp³-hybridized carbons (Fsp3) is 0.600. The summed E-state index contributed by atoms with van der Waals surface area (Å²) in [6.45, 7) is 5.30. The van der Waals surface area contributed by atoms with Crippen molar-refractivity contribution in [1.82, 2.24) is 15.5 Å². The average molecular weight is 345 g/mol. The molecule has 1 aromatic carbocycles. The lowest BCUT2D eigenvalue weighted by atomic mass is 10.0. The minimum atomic E-state index is 0.0160. The molecule has 0 spiro atoms. The van der Waals surface area contributed by atoms with E-state index < -0.39 is 0 Å². The number of likely N-dealkylation sites (N-methyl/N-ethyl adjacent to an activating group) is 1. The first-order valence-electron chi connectivity index (χ1n) is 9.27. The molecule has 138 valence electrons. The summed E-state index contributed by atoms with van der Waals surface area (Å²) in [6.07, 6.45) is 5.85. The molecular weight excluding hydrogens is 312 g/mol. The highest BCUT2D eigenvalue weighted by molar-refractivity contribution is 5.84. The Hall–Kier alpha value is -2.04. The minimum Gasteiger partial charge on any atom is -0.356 e. The predicted octanol–water partition coefficient (Wildman–Crippen LogP) is 2.41. The smallest absolute Gasteiger partial charge is 0.243 e. The van der Waals surface area contributed by atoms with Crippen LogP contribution in [0.5, 0.6) is 0 Å². The number of benzene rings is 1. The van der Waals surface area contributed by atoms with E-state index >= 15 is 0 Å². The highest BCUT2D eigenvalue weighted by Gasteiger charge is 2.16. The Morgan fingerprint density at radius 1 is 1.20 bits per heavy atom. The molecule has 0 saturated heterocycles. The van der Waals surface area contributed by atoms with Crippen molar-refractivity contribution in [3.05, 3.63) is 34.9 Å². The zero-order valence-corrected chi connectivity index (χ0v) is 16.1. The largest absolute Gasteiger partial charge is 0.356 e. The third-order valence-electron chi connectivity index (χ3n) is 4.88. The van der Waals surface area contributed by atoms with Gasteiger partial charge in [0.2, 0.25) is 5.91 Å². The number of amides is 1. The van der Waals surface area contributed by atoms with Gasteiger partial charge in [-0.05, 0) is 49.8 Å². The zero-order chi connectivity index (χ0) is 18.2. The Bertz CT molecular complexity index is 583. The highest BCUT2D eigenvalue weighted by Crippen LogP contribution is 2.17. The number of nitrogens with one attached hydrogen (secondary N) is 2. The number of carbonyl (C=O) groups is 1. The minimum absolute atomic E-state index is 0.0160. The van der Waals surface area contributed by atoms with Crippen molar-refractivity contribution in [3.8, 4) is 0 Å². The number of nitrogens with zero attached hydrogens (tertiary/aromatic N) is 2. The first-order chi connectivity index (χ1) is 12.0. The Balaban J connectivity index is 1.94. The number of rotatable bonds is 6. The third kappa shape index (κ3) is 6.07. The van der Waals surface area contributed by atoms with E-state index in [0.717, 1.165) is 18.9 Å². The predicted molar refractivity (Wildman–Crippen MR) is 104 cm³/mol. The number of aliphatic imine (C=N–C) groups is 1. The molecule has 2 rings (SSSR count). The summed E-state index contributed by atoms with van der Waals surface area (Å²) < 4.78 is 0. The van der Waals surface area contributed by atoms with E-state index in [1.807, 2.05) is 0 Å². The second kappa shape index (κ2) is 9.44. The highest BCUT2D eigenvalue weighted by atomic mass is 16.2. The van der Waals surface area contributed by atoms with Crippen molar-refractivity contribution in [1.29, 1.82) is 0 Å². The Morgan fingerprint density at radius 2 is 1.84 bits per heavy atom. The maximum Gasteiger partial charge on any atom is 0.243 e. The Kier molecular flexibility index (Phi) is 7.29. The Morgan fingerprint density at radius 3 is 2.44 bits per heavy atom. The molecule has 0 aromatic heterocycles. The molecule has 0 unspecified atom stereocenters. The van der Waals surface area contributed by atoms with Crippen LogP contribution in [0.25, 0.3) is 0 Å². The van der Waals surface area contributed by atoms with Crippen molar-refractivity contribution in [3.63, 3.8) is 0 Å². The van der Waals surface area contributed by atoms with E-state index in [1.165, 1.54) is 42.4 Å². The number of carbonyl (C=O) groups excluding carboxylic acids is 1. The van der Waals surface area contributed by atoms with Gasteiger partial charge in [0, 0.05) is 26.7 Å². The molecule has 0 radical (unpaired) electrons. The van der Waals surface area contributed by atoms with E-state index in [4.69, 9.17) is 0 Å². The quantitative estimate of drug-likeness (QED) is 0.615. The fourth-order valence-electron chi connectivity index (χ4n) is 3.25. The van der Waals surface area contributed by atoms with Crippen LogP contribution in [0.2, 0.25) is 0 Å². The van der Waals surface area contributed by atoms with Crippen LogP contribution in [0, 0.1) is 13.8 Å². The molecule has 5 heteroatoms. The third-order valence-corrected chi connectivity index (χ3v) is 4.88. The number of hydrogen-bond acceptors (Lipinski definition) is 2. The summed E-state index contributed by atoms with van der Waals surface area (Å²) in [7, 11) is 3.52. The molecule has 1 aliphatic rings. The van der Waals surface area contributed by atoms with Crippen molar-refractivity contribution in [2.75, 3.05) is 27.2 Å². The van der Waals surface area contributed by atoms with Gasteiger partial charge in [-0.3, -0.25) is 4.79 Å². The van der Waals surface area contributed by atoms with Crippen LogP contribution >= 0.6 is 0 Å². The topological polar surface area (TPSA) is 56.7 Å². The maximum atomic E-state index is 11.8. The van der Waals surface area contributed by atoms with Crippen LogP contribution in [0.15, 0.2) is 23.2 Å². The van der Waals surface area contributed by atoms with E-state index in [0.29, 0.717) is 6.04 Å². The molecule has 0 atom stereocenters. The maximum absolute atomic E-state index is 11.8. The number of hydrogen-bond donors (Lipinski definition) is 2. The van der Waals surface area contributed by atoms with E-state index in [9.17, 15) is 4.79 Å². The molecular formula is C20H32N4O. The van der Waals surface area contributed by atoms with E-state index in [1.54, 1.807) is 19.0 Å². The van der Waals surface area contributed by atoms with Crippen LogP contribution in [0.4, 0.5) is 0 Å². The van der Waals surface area contributed by atoms with Gasteiger partial charge >= 0.3 is 0 Å². The van der Waals surface area contributed by atoms with Gasteiger partial charge in [-0.25, -0.2) is 4.99 Å². The molecule has 1 saturated carbocycles. The molecule has 1 aromatic rings. The molecule has 1 amide bonds. The van der Waals surface area contributed by atoms with Crippen molar-refractivity contribution < 1.29 is 4.79 Å². The van der Waals surface area contributed by atoms with Crippen LogP contribution < -0.4 is 10.6 Å². The average Bonchev–Trinajstić information content (AvgIpc) is 3.07. The SMILES string of the molecule is Cc1cccc(C)c1CCNC(=NCC(=O)N(C)C)NC1CCCC1. The first kappa shape index (κ1) is 19.3. The van der Waals surface area contributed by atoms with Crippen molar-refractivity contribution in [2.45, 2.75) is 52.0 Å². The van der Waals surface area contributed by atoms with Crippen molar-refractivity contribution >= 4 is 11.9 Å². The summed E-state index contributed by atoms with van der Waals surface area (Å²) >= 11 is 0. The molecule has 0 aliphatic heterocycles. The first-order valence-corrected chi connectivity index (χ1v) is 9.27. The number of guanidine groups is 1. The van der Waals surface area contributed by atoms with Gasteiger partial charge in [0.05, 0.1) is 0 Å². The van der Waals surface area contributed by atoms with Crippen molar-refractivity contribution in [2.24, 2.45) is 4.99 Å². The normalized spacial score (nSPS) is 15.3. The summed E-state index contributed by atoms with van der Waals surface area (Å²) in [6, 6.07) is 6.89. The molecule has 1 fully saturated rings. The van der Waals surface area contributed by atoms with Crippen LogP contribution in [0.3, 0.4) is 0 Å². The molecule has 25 heavy (non-hydrogen) atoms. The lowest BCUT2D eigenvalue weighted by Gasteiger charge is -2.18. The van der Waals surface area contributed by atoms with E-state index in [2.05, 4.69) is 47.7 Å².